The molecule has 212 valence electrons. The summed E-state index contributed by atoms with van der Waals surface area (Å²) >= 11 is 0. The quantitative estimate of drug-likeness (QED) is 0.118. The number of ether oxygens (including phenoxy) is 3. The third-order valence-corrected chi connectivity index (χ3v) is 4.79. The van der Waals surface area contributed by atoms with Crippen molar-refractivity contribution < 1.29 is 57.4 Å². The summed E-state index contributed by atoms with van der Waals surface area (Å²) in [4.78, 5) is 53.7. The number of aromatic carboxylic acids is 1. The van der Waals surface area contributed by atoms with Gasteiger partial charge in [0, 0.05) is 37.1 Å². The van der Waals surface area contributed by atoms with E-state index in [9.17, 15) is 24.3 Å². The number of anilines is 1. The first-order valence-electron chi connectivity index (χ1n) is 12.1. The molecule has 1 aromatic rings. The predicted molar refractivity (Wildman–Crippen MR) is 135 cm³/mol. The molecule has 0 radical (unpaired) electrons. The number of carbonyl (C=O) groups is 3. The number of alkyl carbamates (subject to hydrolysis) is 2. The number of aromatic nitrogens is 1. The second kappa shape index (κ2) is 14.8. The van der Waals surface area contributed by atoms with Gasteiger partial charge in [0.1, 0.15) is 17.8 Å². The van der Waals surface area contributed by atoms with Crippen LogP contribution in [-0.4, -0.2) is 66.2 Å². The monoisotopic (exact) mass is 545 g/mol. The fourth-order valence-corrected chi connectivity index (χ4v) is 3.32. The maximum atomic E-state index is 12.6. The van der Waals surface area contributed by atoms with Gasteiger partial charge in [0.2, 0.25) is 0 Å². The zero-order chi connectivity index (χ0) is 28.5. The number of carboxylic acid groups (broad SMARTS) is 1. The molecule has 0 saturated carbocycles. The Bertz CT molecular complexity index is 1050. The van der Waals surface area contributed by atoms with Gasteiger partial charge in [-0.25, -0.2) is 9.59 Å². The van der Waals surface area contributed by atoms with Crippen molar-refractivity contribution in [3.8, 4) is 0 Å². The minimum atomic E-state index is -1.45. The number of nitrogens with zero attached hydrogens (tertiary/aromatic N) is 2. The molecule has 0 atom stereocenters. The summed E-state index contributed by atoms with van der Waals surface area (Å²) in [5.41, 5.74) is -2.10. The number of guanidine groups is 1. The van der Waals surface area contributed by atoms with E-state index in [4.69, 9.17) is 19.0 Å². The molecule has 0 bridgehead atoms. The van der Waals surface area contributed by atoms with Crippen LogP contribution in [0.3, 0.4) is 0 Å². The molecule has 0 unspecified atom stereocenters. The zero-order valence-corrected chi connectivity index (χ0v) is 23.5. The van der Waals surface area contributed by atoms with E-state index in [1.807, 2.05) is 0 Å². The van der Waals surface area contributed by atoms with E-state index < -0.39 is 29.4 Å². The summed E-state index contributed by atoms with van der Waals surface area (Å²) in [5.74, 6) is -1.83. The van der Waals surface area contributed by atoms with E-state index in [1.54, 1.807) is 41.5 Å². The zero-order valence-electron chi connectivity index (χ0n) is 23.5. The average Bonchev–Trinajstić information content (AvgIpc) is 2.76. The largest absolute Gasteiger partial charge is 1.00 e. The minimum absolute atomic E-state index is 0. The Morgan fingerprint density at radius 3 is 2.08 bits per heavy atom. The molecule has 2 rings (SSSR count). The molecule has 39 heavy (non-hydrogen) atoms. The third kappa shape index (κ3) is 12.5. The molecular formula is C24H36LiN5O9. The molecule has 1 fully saturated rings. The van der Waals surface area contributed by atoms with E-state index in [2.05, 4.69) is 21.1 Å². The number of carbonyl (C=O) groups excluding carboxylic acids is 3. The van der Waals surface area contributed by atoms with Crippen molar-refractivity contribution >= 4 is 29.8 Å². The van der Waals surface area contributed by atoms with Crippen molar-refractivity contribution in [1.29, 1.82) is 0 Å². The van der Waals surface area contributed by atoms with Gasteiger partial charge in [-0.15, -0.1) is 0 Å². The van der Waals surface area contributed by atoms with Crippen molar-refractivity contribution in [3.63, 3.8) is 0 Å². The molecule has 1 aliphatic heterocycles. The van der Waals surface area contributed by atoms with Crippen LogP contribution in [0.25, 0.3) is 0 Å². The number of oxime groups is 1. The first kappa shape index (κ1) is 33.8. The molecule has 2 heterocycles. The second-order valence-corrected chi connectivity index (χ2v) is 10.4. The van der Waals surface area contributed by atoms with Crippen LogP contribution in [-0.2, 0) is 19.0 Å². The molecule has 14 nitrogen and oxygen atoms in total. The Kier molecular flexibility index (Phi) is 12.8. The number of nitrogens with one attached hydrogen (secondary N) is 3. The SMILES string of the molecule is CC(C)(C)OC(=O)NC(=NOCCNc1cc(=O)n(C2CCOCC2)cc1C(=O)[O-])NC(=O)OC(C)(C)C.[Li+]. The van der Waals surface area contributed by atoms with Gasteiger partial charge in [-0.05, 0) is 59.5 Å². The molecule has 1 aromatic heterocycles. The second-order valence-electron chi connectivity index (χ2n) is 10.4. The van der Waals surface area contributed by atoms with E-state index in [0.717, 1.165) is 0 Å². The average molecular weight is 546 g/mol. The molecule has 0 aromatic carbocycles. The fraction of sp³-hybridized carbons (Fsp3) is 0.625. The maximum Gasteiger partial charge on any atom is 1.00 e. The summed E-state index contributed by atoms with van der Waals surface area (Å²) in [5, 5.41) is 22.7. The van der Waals surface area contributed by atoms with Crippen LogP contribution in [0.15, 0.2) is 22.2 Å². The summed E-state index contributed by atoms with van der Waals surface area (Å²) in [6.07, 6.45) is 0.683. The van der Waals surface area contributed by atoms with Crippen molar-refractivity contribution in [3.05, 3.63) is 28.2 Å². The predicted octanol–water partition coefficient (Wildman–Crippen LogP) is -1.68. The fourth-order valence-electron chi connectivity index (χ4n) is 3.32. The van der Waals surface area contributed by atoms with E-state index >= 15 is 0 Å². The normalized spacial score (nSPS) is 13.8. The van der Waals surface area contributed by atoms with E-state index in [-0.39, 0.29) is 60.8 Å². The molecular weight excluding hydrogens is 509 g/mol. The minimum Gasteiger partial charge on any atom is -0.545 e. The van der Waals surface area contributed by atoms with Gasteiger partial charge < -0.3 is 38.8 Å². The summed E-state index contributed by atoms with van der Waals surface area (Å²) in [7, 11) is 0. The van der Waals surface area contributed by atoms with Gasteiger partial charge in [0.05, 0.1) is 18.2 Å². The first-order valence-corrected chi connectivity index (χ1v) is 12.1. The van der Waals surface area contributed by atoms with Crippen LogP contribution in [0.5, 0.6) is 0 Å². The van der Waals surface area contributed by atoms with Gasteiger partial charge in [0.25, 0.3) is 11.5 Å². The number of rotatable bonds is 7. The summed E-state index contributed by atoms with van der Waals surface area (Å²) < 4.78 is 17.0. The van der Waals surface area contributed by atoms with Gasteiger partial charge in [-0.1, -0.05) is 0 Å². The summed E-state index contributed by atoms with van der Waals surface area (Å²) in [6, 6.07) is 1.03. The van der Waals surface area contributed by atoms with Crippen LogP contribution in [0.1, 0.15) is 70.8 Å². The molecule has 2 amide bonds. The van der Waals surface area contributed by atoms with Gasteiger partial charge in [0.15, 0.2) is 0 Å². The Morgan fingerprint density at radius 2 is 1.59 bits per heavy atom. The first-order chi connectivity index (χ1) is 17.6. The molecule has 1 saturated heterocycles. The standard InChI is InChI=1S/C24H37N5O9.Li/c1-23(2,3)37-21(33)26-20(27-22(34)38-24(4,5)6)28-36-12-9-25-17-13-18(30)29(14-16(17)19(31)32)15-7-10-35-11-8-15;/h13-15,25H,7-12H2,1-6H3,(H,31,32)(H2,26,27,28,33,34);/q;+1/p-1. The Labute approximate surface area is 238 Å². The number of hydrogen-bond donors (Lipinski definition) is 3. The van der Waals surface area contributed by atoms with Crippen LogP contribution in [0, 0.1) is 0 Å². The van der Waals surface area contributed by atoms with Crippen LogP contribution in [0.2, 0.25) is 0 Å². The molecule has 1 aliphatic rings. The molecule has 0 aliphatic carbocycles. The summed E-state index contributed by atoms with van der Waals surface area (Å²) in [6.45, 7) is 10.8. The Hall–Kier alpha value is -3.21. The number of carboxylic acids is 1. The topological polar surface area (TPSA) is 182 Å². The van der Waals surface area contributed by atoms with Crippen LogP contribution >= 0.6 is 0 Å². The number of hydrogen-bond acceptors (Lipinski definition) is 11. The number of pyridine rings is 1. The van der Waals surface area contributed by atoms with Crippen molar-refractivity contribution in [1.82, 2.24) is 15.2 Å². The third-order valence-electron chi connectivity index (χ3n) is 4.79. The van der Waals surface area contributed by atoms with Gasteiger partial charge >= 0.3 is 31.0 Å². The molecule has 0 spiro atoms. The Morgan fingerprint density at radius 1 is 1.05 bits per heavy atom. The van der Waals surface area contributed by atoms with Crippen molar-refractivity contribution in [2.24, 2.45) is 5.16 Å². The van der Waals surface area contributed by atoms with Crippen molar-refractivity contribution in [2.45, 2.75) is 71.6 Å². The molecule has 3 N–H and O–H groups in total. The Balaban J connectivity index is 0.00000760. The van der Waals surface area contributed by atoms with Gasteiger partial charge in [-0.2, -0.15) is 0 Å². The maximum absolute atomic E-state index is 12.6. The van der Waals surface area contributed by atoms with Crippen LogP contribution < -0.4 is 45.5 Å². The molecule has 15 heteroatoms. The van der Waals surface area contributed by atoms with E-state index in [1.165, 1.54) is 16.8 Å². The smallest absolute Gasteiger partial charge is 0.545 e. The van der Waals surface area contributed by atoms with Crippen LogP contribution in [0.4, 0.5) is 15.3 Å². The van der Waals surface area contributed by atoms with E-state index in [0.29, 0.717) is 26.1 Å². The number of amides is 2. The van der Waals surface area contributed by atoms with Crippen molar-refractivity contribution in [2.75, 3.05) is 31.7 Å². The van der Waals surface area contributed by atoms with Gasteiger partial charge in [-0.3, -0.25) is 15.4 Å².